The molecule has 2 heteroatoms. The lowest BCUT2D eigenvalue weighted by molar-refractivity contribution is -0.116. The van der Waals surface area contributed by atoms with Gasteiger partial charge in [0, 0.05) is 17.8 Å². The molecule has 0 bridgehead atoms. The monoisotopic (exact) mass is 121 g/mol. The summed E-state index contributed by atoms with van der Waals surface area (Å²) < 4.78 is 0. The molecular weight excluding hydrogens is 114 g/mol. The molecule has 46 valence electrons. The molecule has 0 aromatic heterocycles. The van der Waals surface area contributed by atoms with Gasteiger partial charge in [-0.05, 0) is 19.4 Å². The van der Waals surface area contributed by atoms with Gasteiger partial charge < -0.3 is 0 Å². The number of allylic oxidation sites excluding steroid dienone is 3. The maximum atomic E-state index is 10.6. The summed E-state index contributed by atoms with van der Waals surface area (Å²) in [5, 5.41) is 3.62. The molecule has 2 nitrogen and oxygen atoms in total. The molecule has 1 aliphatic heterocycles. The van der Waals surface area contributed by atoms with Crippen LogP contribution >= 0.6 is 0 Å². The van der Waals surface area contributed by atoms with Crippen molar-refractivity contribution in [3.05, 3.63) is 23.4 Å². The highest BCUT2D eigenvalue weighted by molar-refractivity contribution is 5.90. The highest BCUT2D eigenvalue weighted by Crippen LogP contribution is 2.04. The molecule has 0 spiro atoms. The Kier molecular flexibility index (Phi) is 1.39. The average Bonchev–Trinajstić information content (AvgIpc) is 1.59. The lowest BCUT2D eigenvalue weighted by Crippen LogP contribution is -2.14. The molecule has 0 atom stereocenters. The van der Waals surface area contributed by atoms with Crippen LogP contribution in [0.1, 0.15) is 13.8 Å². The highest BCUT2D eigenvalue weighted by atomic mass is 16.1. The third-order valence-corrected chi connectivity index (χ3v) is 0.996. The molecule has 1 heterocycles. The average molecular weight is 121 g/mol. The van der Waals surface area contributed by atoms with Crippen molar-refractivity contribution >= 4 is 5.91 Å². The molecular formula is C7H7NO. The molecule has 0 N–H and O–H groups in total. The first-order chi connectivity index (χ1) is 4.18. The van der Waals surface area contributed by atoms with Crippen molar-refractivity contribution in [3.63, 3.8) is 0 Å². The minimum atomic E-state index is -0.177. The number of hydrogen-bond donors (Lipinski definition) is 0. The minimum absolute atomic E-state index is 0.177. The summed E-state index contributed by atoms with van der Waals surface area (Å²) in [6.45, 7) is 3.59. The summed E-state index contributed by atoms with van der Waals surface area (Å²) in [5.74, 6) is -0.177. The Morgan fingerprint density at radius 3 is 2.67 bits per heavy atom. The van der Waals surface area contributed by atoms with Crippen molar-refractivity contribution in [2.45, 2.75) is 13.8 Å². The number of hydrogen-bond acceptors (Lipinski definition) is 1. The Labute approximate surface area is 54.3 Å². The first-order valence-corrected chi connectivity index (χ1v) is 2.73. The minimum Gasteiger partial charge on any atom is -0.267 e. The molecule has 0 aliphatic carbocycles. The van der Waals surface area contributed by atoms with Gasteiger partial charge in [0.15, 0.2) is 0 Å². The SMILES string of the molecule is CC1=[C]C(C)=CC(=O)[N]1. The fourth-order valence-electron chi connectivity index (χ4n) is 0.732. The van der Waals surface area contributed by atoms with Crippen molar-refractivity contribution in [1.29, 1.82) is 0 Å². The number of carbonyl (C=O) groups is 1. The van der Waals surface area contributed by atoms with Crippen molar-refractivity contribution in [1.82, 2.24) is 5.32 Å². The van der Waals surface area contributed by atoms with Gasteiger partial charge in [0.25, 0.3) is 5.91 Å². The van der Waals surface area contributed by atoms with Gasteiger partial charge in [0.1, 0.15) is 0 Å². The zero-order valence-electron chi connectivity index (χ0n) is 5.43. The molecule has 0 aromatic carbocycles. The smallest absolute Gasteiger partial charge is 0.267 e. The van der Waals surface area contributed by atoms with Crippen LogP contribution in [0.2, 0.25) is 0 Å². The first kappa shape index (κ1) is 6.08. The van der Waals surface area contributed by atoms with Crippen LogP contribution in [0, 0.1) is 6.08 Å². The summed E-state index contributed by atoms with van der Waals surface area (Å²) in [7, 11) is 0. The van der Waals surface area contributed by atoms with Crippen LogP contribution in [-0.2, 0) is 4.79 Å². The lowest BCUT2D eigenvalue weighted by Gasteiger charge is -2.03. The molecule has 1 aliphatic rings. The van der Waals surface area contributed by atoms with Crippen LogP contribution in [-0.4, -0.2) is 5.91 Å². The van der Waals surface area contributed by atoms with Gasteiger partial charge in [-0.3, -0.25) is 4.79 Å². The van der Waals surface area contributed by atoms with Crippen molar-refractivity contribution in [2.24, 2.45) is 0 Å². The van der Waals surface area contributed by atoms with Gasteiger partial charge in [0.2, 0.25) is 0 Å². The van der Waals surface area contributed by atoms with E-state index in [0.717, 1.165) is 5.57 Å². The summed E-state index contributed by atoms with van der Waals surface area (Å²) >= 11 is 0. The fraction of sp³-hybridized carbons (Fsp3) is 0.286. The topological polar surface area (TPSA) is 31.2 Å². The van der Waals surface area contributed by atoms with E-state index in [1.54, 1.807) is 6.92 Å². The van der Waals surface area contributed by atoms with E-state index in [4.69, 9.17) is 0 Å². The molecule has 1 rings (SSSR count). The van der Waals surface area contributed by atoms with Gasteiger partial charge in [-0.1, -0.05) is 0 Å². The van der Waals surface area contributed by atoms with Gasteiger partial charge in [0.05, 0.1) is 0 Å². The van der Waals surface area contributed by atoms with E-state index in [9.17, 15) is 4.79 Å². The molecule has 0 fully saturated rings. The first-order valence-electron chi connectivity index (χ1n) is 2.73. The lowest BCUT2D eigenvalue weighted by atomic mass is 10.2. The van der Waals surface area contributed by atoms with Crippen LogP contribution in [0.5, 0.6) is 0 Å². The predicted octanol–water partition coefficient (Wildman–Crippen LogP) is 0.784. The van der Waals surface area contributed by atoms with Gasteiger partial charge >= 0.3 is 0 Å². The quantitative estimate of drug-likeness (QED) is 0.466. The summed E-state index contributed by atoms with van der Waals surface area (Å²) in [6, 6.07) is 0. The normalized spacial score (nSPS) is 18.2. The van der Waals surface area contributed by atoms with Crippen molar-refractivity contribution in [2.75, 3.05) is 0 Å². The molecule has 2 radical (unpaired) electrons. The molecule has 9 heavy (non-hydrogen) atoms. The maximum Gasteiger partial charge on any atom is 0.270 e. The van der Waals surface area contributed by atoms with Crippen molar-refractivity contribution in [3.8, 4) is 0 Å². The molecule has 1 amide bonds. The Morgan fingerprint density at radius 2 is 2.22 bits per heavy atom. The molecule has 0 saturated heterocycles. The Balaban J connectivity index is 2.86. The third kappa shape index (κ3) is 1.42. The third-order valence-electron chi connectivity index (χ3n) is 0.996. The standard InChI is InChI=1S/C7H7NO/c1-5-3-6(2)8-7(9)4-5/h4H,1-2H3. The molecule has 0 saturated carbocycles. The largest absolute Gasteiger partial charge is 0.270 e. The van der Waals surface area contributed by atoms with Gasteiger partial charge in [-0.2, -0.15) is 0 Å². The van der Waals surface area contributed by atoms with Gasteiger partial charge in [-0.25, -0.2) is 5.32 Å². The van der Waals surface area contributed by atoms with E-state index in [-0.39, 0.29) is 5.91 Å². The maximum absolute atomic E-state index is 10.6. The fourth-order valence-corrected chi connectivity index (χ4v) is 0.732. The van der Waals surface area contributed by atoms with Crippen LogP contribution in [0.3, 0.4) is 0 Å². The molecule has 0 aromatic rings. The second-order valence-electron chi connectivity index (χ2n) is 1.99. The Hall–Kier alpha value is -1.05. The van der Waals surface area contributed by atoms with E-state index in [0.29, 0.717) is 5.70 Å². The number of rotatable bonds is 0. The highest BCUT2D eigenvalue weighted by Gasteiger charge is 2.05. The van der Waals surface area contributed by atoms with Crippen LogP contribution < -0.4 is 5.32 Å². The Bertz CT molecular complexity index is 201. The molecule has 0 unspecified atom stereocenters. The second kappa shape index (κ2) is 2.05. The van der Waals surface area contributed by atoms with Crippen molar-refractivity contribution < 1.29 is 4.79 Å². The number of carbonyl (C=O) groups excluding carboxylic acids is 1. The van der Waals surface area contributed by atoms with E-state index < -0.39 is 0 Å². The van der Waals surface area contributed by atoms with Crippen LogP contribution in [0.15, 0.2) is 17.3 Å². The van der Waals surface area contributed by atoms with E-state index in [2.05, 4.69) is 11.4 Å². The Morgan fingerprint density at radius 1 is 1.56 bits per heavy atom. The summed E-state index contributed by atoms with van der Waals surface area (Å²) in [6.07, 6.45) is 4.37. The van der Waals surface area contributed by atoms with Crippen LogP contribution in [0.25, 0.3) is 0 Å². The zero-order chi connectivity index (χ0) is 6.85. The number of nitrogens with zero attached hydrogens (tertiary/aromatic N) is 1. The predicted molar refractivity (Wildman–Crippen MR) is 33.3 cm³/mol. The van der Waals surface area contributed by atoms with Crippen LogP contribution in [0.4, 0.5) is 0 Å². The van der Waals surface area contributed by atoms with E-state index in [1.165, 1.54) is 6.08 Å². The second-order valence-corrected chi connectivity index (χ2v) is 1.99. The summed E-state index contributed by atoms with van der Waals surface area (Å²) in [5.41, 5.74) is 1.52. The summed E-state index contributed by atoms with van der Waals surface area (Å²) in [4.78, 5) is 10.6. The number of amides is 1. The van der Waals surface area contributed by atoms with Gasteiger partial charge in [-0.15, -0.1) is 0 Å². The van der Waals surface area contributed by atoms with E-state index in [1.807, 2.05) is 6.92 Å². The zero-order valence-corrected chi connectivity index (χ0v) is 5.43. The van der Waals surface area contributed by atoms with E-state index >= 15 is 0 Å².